The van der Waals surface area contributed by atoms with Crippen LogP contribution in [-0.2, 0) is 6.54 Å². The highest BCUT2D eigenvalue weighted by Gasteiger charge is 2.23. The topological polar surface area (TPSA) is 92.3 Å². The molecule has 0 spiro atoms. The molecule has 1 heterocycles. The first-order valence-electron chi connectivity index (χ1n) is 8.44. The highest BCUT2D eigenvalue weighted by molar-refractivity contribution is 6.01. The van der Waals surface area contributed by atoms with E-state index in [0.717, 1.165) is 10.1 Å². The third-order valence-corrected chi connectivity index (χ3v) is 4.31. The summed E-state index contributed by atoms with van der Waals surface area (Å²) in [5.74, 6) is -0.00150. The zero-order valence-corrected chi connectivity index (χ0v) is 15.4. The monoisotopic (exact) mass is 354 g/mol. The third-order valence-electron chi connectivity index (χ3n) is 4.31. The molecule has 0 amide bonds. The van der Waals surface area contributed by atoms with Gasteiger partial charge in [0, 0.05) is 6.54 Å². The van der Waals surface area contributed by atoms with Crippen LogP contribution in [0.5, 0.6) is 11.6 Å². The van der Waals surface area contributed by atoms with Gasteiger partial charge in [-0.1, -0.05) is 26.0 Å². The van der Waals surface area contributed by atoms with E-state index in [1.54, 1.807) is 19.1 Å². The van der Waals surface area contributed by atoms with Crippen LogP contribution in [0, 0.1) is 18.3 Å². The smallest absolute Gasteiger partial charge is 0.271 e. The standard InChI is InChI=1S/C20H22N2O4/c1-5-22-19(24)16(10-21)13(4)18(20(22)25)17(23)11-26-15-8-6-14(7-9-15)12(2)3/h6-9,12,25H,5,11H2,1-4H3. The van der Waals surface area contributed by atoms with Gasteiger partial charge in [0.2, 0.25) is 11.7 Å². The first kappa shape index (κ1) is 19.3. The average molecular weight is 354 g/mol. The number of ether oxygens (including phenoxy) is 1. The van der Waals surface area contributed by atoms with Crippen LogP contribution in [0.15, 0.2) is 29.1 Å². The van der Waals surface area contributed by atoms with E-state index in [4.69, 9.17) is 4.74 Å². The molecule has 2 rings (SSSR count). The maximum atomic E-state index is 12.6. The van der Waals surface area contributed by atoms with Gasteiger partial charge in [-0.25, -0.2) is 0 Å². The maximum Gasteiger partial charge on any atom is 0.271 e. The summed E-state index contributed by atoms with van der Waals surface area (Å²) < 4.78 is 6.52. The molecule has 0 saturated carbocycles. The number of aromatic nitrogens is 1. The first-order chi connectivity index (χ1) is 12.3. The fraction of sp³-hybridized carbons (Fsp3) is 0.350. The number of Topliss-reactive ketones (excluding diaryl/α,β-unsaturated/α-hetero) is 1. The van der Waals surface area contributed by atoms with Gasteiger partial charge < -0.3 is 9.84 Å². The molecule has 6 heteroatoms. The van der Waals surface area contributed by atoms with E-state index in [9.17, 15) is 20.0 Å². The van der Waals surface area contributed by atoms with Crippen molar-refractivity contribution in [3.05, 3.63) is 56.9 Å². The highest BCUT2D eigenvalue weighted by Crippen LogP contribution is 2.23. The van der Waals surface area contributed by atoms with E-state index in [1.807, 2.05) is 18.2 Å². The average Bonchev–Trinajstić information content (AvgIpc) is 2.61. The fourth-order valence-electron chi connectivity index (χ4n) is 2.75. The van der Waals surface area contributed by atoms with Crippen molar-refractivity contribution in [1.29, 1.82) is 5.26 Å². The summed E-state index contributed by atoms with van der Waals surface area (Å²) in [5.41, 5.74) is 0.525. The molecule has 0 radical (unpaired) electrons. The van der Waals surface area contributed by atoms with Crippen LogP contribution in [0.4, 0.5) is 0 Å². The van der Waals surface area contributed by atoms with E-state index in [0.29, 0.717) is 11.7 Å². The second-order valence-corrected chi connectivity index (χ2v) is 6.30. The Labute approximate surface area is 152 Å². The van der Waals surface area contributed by atoms with Crippen molar-refractivity contribution in [3.63, 3.8) is 0 Å². The number of carbonyl (C=O) groups is 1. The minimum Gasteiger partial charge on any atom is -0.494 e. The van der Waals surface area contributed by atoms with Crippen molar-refractivity contribution in [1.82, 2.24) is 4.57 Å². The SMILES string of the molecule is CCn1c(O)c(C(=O)COc2ccc(C(C)C)cc2)c(C)c(C#N)c1=O. The Morgan fingerprint density at radius 1 is 1.31 bits per heavy atom. The van der Waals surface area contributed by atoms with Crippen LogP contribution < -0.4 is 10.3 Å². The zero-order valence-electron chi connectivity index (χ0n) is 15.4. The number of rotatable bonds is 6. The molecule has 1 aromatic heterocycles. The van der Waals surface area contributed by atoms with Gasteiger partial charge in [0.25, 0.3) is 5.56 Å². The second-order valence-electron chi connectivity index (χ2n) is 6.30. The van der Waals surface area contributed by atoms with Gasteiger partial charge in [-0.05, 0) is 43.0 Å². The molecule has 1 N–H and O–H groups in total. The van der Waals surface area contributed by atoms with Gasteiger partial charge in [-0.2, -0.15) is 5.26 Å². The third kappa shape index (κ3) is 3.62. The molecule has 2 aromatic rings. The van der Waals surface area contributed by atoms with Crippen molar-refractivity contribution in [2.75, 3.05) is 6.61 Å². The molecule has 136 valence electrons. The largest absolute Gasteiger partial charge is 0.494 e. The minimum atomic E-state index is -0.605. The normalized spacial score (nSPS) is 10.6. The maximum absolute atomic E-state index is 12.6. The second kappa shape index (κ2) is 7.87. The Morgan fingerprint density at radius 3 is 2.42 bits per heavy atom. The van der Waals surface area contributed by atoms with Crippen LogP contribution in [-0.4, -0.2) is 22.1 Å². The summed E-state index contributed by atoms with van der Waals surface area (Å²) in [6.07, 6.45) is 0. The van der Waals surface area contributed by atoms with Crippen LogP contribution in [0.25, 0.3) is 0 Å². The molecule has 0 fully saturated rings. The van der Waals surface area contributed by atoms with Crippen LogP contribution >= 0.6 is 0 Å². The predicted molar refractivity (Wildman–Crippen MR) is 97.8 cm³/mol. The van der Waals surface area contributed by atoms with E-state index < -0.39 is 17.2 Å². The van der Waals surface area contributed by atoms with Crippen molar-refractivity contribution < 1.29 is 14.6 Å². The number of hydrogen-bond acceptors (Lipinski definition) is 5. The first-order valence-corrected chi connectivity index (χ1v) is 8.44. The number of hydrogen-bond donors (Lipinski definition) is 1. The lowest BCUT2D eigenvalue weighted by Gasteiger charge is -2.14. The Hall–Kier alpha value is -3.07. The zero-order chi connectivity index (χ0) is 19.4. The summed E-state index contributed by atoms with van der Waals surface area (Å²) in [6.45, 7) is 7.14. The van der Waals surface area contributed by atoms with Crippen LogP contribution in [0.1, 0.15) is 53.7 Å². The van der Waals surface area contributed by atoms with Crippen LogP contribution in [0.2, 0.25) is 0 Å². The summed E-state index contributed by atoms with van der Waals surface area (Å²) in [4.78, 5) is 24.7. The number of pyridine rings is 1. The minimum absolute atomic E-state index is 0.0539. The van der Waals surface area contributed by atoms with Crippen molar-refractivity contribution >= 4 is 5.78 Å². The van der Waals surface area contributed by atoms with E-state index in [-0.39, 0.29) is 29.8 Å². The van der Waals surface area contributed by atoms with E-state index in [2.05, 4.69) is 13.8 Å². The number of benzene rings is 1. The fourth-order valence-corrected chi connectivity index (χ4v) is 2.75. The lowest BCUT2D eigenvalue weighted by Crippen LogP contribution is -2.27. The summed E-state index contributed by atoms with van der Waals surface area (Å²) in [5, 5.41) is 19.5. The lowest BCUT2D eigenvalue weighted by molar-refractivity contribution is 0.0916. The van der Waals surface area contributed by atoms with Gasteiger partial charge in [0.05, 0.1) is 5.56 Å². The predicted octanol–water partition coefficient (Wildman–Crippen LogP) is 3.14. The summed E-state index contributed by atoms with van der Waals surface area (Å²) in [6, 6.07) is 9.23. The molecule has 0 atom stereocenters. The lowest BCUT2D eigenvalue weighted by atomic mass is 10.0. The molecular weight excluding hydrogens is 332 g/mol. The molecule has 0 aliphatic heterocycles. The van der Waals surface area contributed by atoms with Crippen LogP contribution in [0.3, 0.4) is 0 Å². The number of nitrogens with zero attached hydrogens (tertiary/aromatic N) is 2. The number of ketones is 1. The number of nitriles is 1. The summed E-state index contributed by atoms with van der Waals surface area (Å²) in [7, 11) is 0. The van der Waals surface area contributed by atoms with Gasteiger partial charge >= 0.3 is 0 Å². The van der Waals surface area contributed by atoms with E-state index >= 15 is 0 Å². The molecule has 0 saturated heterocycles. The van der Waals surface area contributed by atoms with Crippen molar-refractivity contribution in [2.24, 2.45) is 0 Å². The quantitative estimate of drug-likeness (QED) is 0.805. The van der Waals surface area contributed by atoms with Gasteiger partial charge in [0.15, 0.2) is 6.61 Å². The molecule has 26 heavy (non-hydrogen) atoms. The number of aromatic hydroxyl groups is 1. The Balaban J connectivity index is 2.30. The molecule has 0 aliphatic rings. The molecule has 0 aliphatic carbocycles. The highest BCUT2D eigenvalue weighted by atomic mass is 16.5. The molecule has 6 nitrogen and oxygen atoms in total. The van der Waals surface area contributed by atoms with Gasteiger partial charge in [-0.15, -0.1) is 0 Å². The van der Waals surface area contributed by atoms with Crippen molar-refractivity contribution in [2.45, 2.75) is 40.2 Å². The Kier molecular flexibility index (Phi) is 5.83. The molecular formula is C20H22N2O4. The van der Waals surface area contributed by atoms with Gasteiger partial charge in [0.1, 0.15) is 17.4 Å². The van der Waals surface area contributed by atoms with Gasteiger partial charge in [-0.3, -0.25) is 14.2 Å². The Morgan fingerprint density at radius 2 is 1.92 bits per heavy atom. The number of carbonyl (C=O) groups excluding carboxylic acids is 1. The summed E-state index contributed by atoms with van der Waals surface area (Å²) >= 11 is 0. The Bertz CT molecular complexity index is 919. The molecule has 0 bridgehead atoms. The molecule has 1 aromatic carbocycles. The van der Waals surface area contributed by atoms with E-state index in [1.165, 1.54) is 6.92 Å². The van der Waals surface area contributed by atoms with Crippen molar-refractivity contribution in [3.8, 4) is 17.7 Å². The molecule has 0 unspecified atom stereocenters.